The van der Waals surface area contributed by atoms with E-state index in [1.807, 2.05) is 30.3 Å². The number of morpholine rings is 1. The van der Waals surface area contributed by atoms with Crippen LogP contribution < -0.4 is 5.32 Å². The van der Waals surface area contributed by atoms with Crippen molar-refractivity contribution in [1.29, 1.82) is 0 Å². The zero-order valence-corrected chi connectivity index (χ0v) is 17.0. The van der Waals surface area contributed by atoms with E-state index in [4.69, 9.17) is 16.3 Å². The summed E-state index contributed by atoms with van der Waals surface area (Å²) in [6.07, 6.45) is 0.241. The lowest BCUT2D eigenvalue weighted by Gasteiger charge is -2.26. The van der Waals surface area contributed by atoms with Crippen LogP contribution in [-0.2, 0) is 38.3 Å². The van der Waals surface area contributed by atoms with Gasteiger partial charge >= 0.3 is 0 Å². The first-order valence-electron chi connectivity index (χ1n) is 9.07. The molecule has 0 aromatic heterocycles. The van der Waals surface area contributed by atoms with Crippen molar-refractivity contribution in [1.82, 2.24) is 9.62 Å². The van der Waals surface area contributed by atoms with Gasteiger partial charge in [0.1, 0.15) is 0 Å². The highest BCUT2D eigenvalue weighted by Crippen LogP contribution is 2.17. The molecule has 28 heavy (non-hydrogen) atoms. The molecule has 0 atom stereocenters. The lowest BCUT2D eigenvalue weighted by atomic mass is 10.1. The number of carbonyl (C=O) groups excluding carboxylic acids is 1. The molecule has 2 aromatic rings. The molecule has 1 heterocycles. The molecule has 1 aliphatic heterocycles. The minimum atomic E-state index is -3.42. The first kappa shape index (κ1) is 20.8. The van der Waals surface area contributed by atoms with Crippen LogP contribution in [0.5, 0.6) is 0 Å². The molecule has 0 unspecified atom stereocenters. The van der Waals surface area contributed by atoms with Crippen LogP contribution in [0.2, 0.25) is 5.02 Å². The van der Waals surface area contributed by atoms with Crippen molar-refractivity contribution in [2.45, 2.75) is 18.7 Å². The molecular formula is C20H23ClN2O4S. The second-order valence-electron chi connectivity index (χ2n) is 6.62. The van der Waals surface area contributed by atoms with Gasteiger partial charge in [-0.25, -0.2) is 8.42 Å². The average molecular weight is 423 g/mol. The average Bonchev–Trinajstić information content (AvgIpc) is 2.69. The number of carbonyl (C=O) groups is 1. The summed E-state index contributed by atoms with van der Waals surface area (Å²) in [6.45, 7) is 1.87. The quantitative estimate of drug-likeness (QED) is 0.743. The van der Waals surface area contributed by atoms with E-state index in [2.05, 4.69) is 5.32 Å². The largest absolute Gasteiger partial charge is 0.379 e. The SMILES string of the molecule is O=C(Cc1ccc(Cl)cc1)NCc1ccccc1CS(=O)(=O)N1CCOCC1. The minimum Gasteiger partial charge on any atom is -0.379 e. The number of nitrogens with one attached hydrogen (secondary N) is 1. The molecule has 0 bridgehead atoms. The Morgan fingerprint density at radius 3 is 2.36 bits per heavy atom. The molecule has 0 radical (unpaired) electrons. The van der Waals surface area contributed by atoms with Gasteiger partial charge in [0.05, 0.1) is 25.4 Å². The third-order valence-electron chi connectivity index (χ3n) is 4.57. The van der Waals surface area contributed by atoms with Gasteiger partial charge in [0.2, 0.25) is 15.9 Å². The standard InChI is InChI=1S/C20H23ClN2O4S/c21-19-7-5-16(6-8-19)13-20(24)22-14-17-3-1-2-4-18(17)15-28(25,26)23-9-11-27-12-10-23/h1-8H,9-15H2,(H,22,24). The van der Waals surface area contributed by atoms with Crippen LogP contribution >= 0.6 is 11.6 Å². The van der Waals surface area contributed by atoms with E-state index >= 15 is 0 Å². The molecule has 8 heteroatoms. The van der Waals surface area contributed by atoms with Crippen LogP contribution in [0, 0.1) is 0 Å². The molecule has 6 nitrogen and oxygen atoms in total. The Balaban J connectivity index is 1.61. The fourth-order valence-electron chi connectivity index (χ4n) is 3.03. The first-order chi connectivity index (χ1) is 13.4. The molecular weight excluding hydrogens is 400 g/mol. The summed E-state index contributed by atoms with van der Waals surface area (Å²) in [6, 6.07) is 14.4. The summed E-state index contributed by atoms with van der Waals surface area (Å²) < 4.78 is 32.1. The summed E-state index contributed by atoms with van der Waals surface area (Å²) in [7, 11) is -3.42. The van der Waals surface area contributed by atoms with Gasteiger partial charge in [-0.1, -0.05) is 48.0 Å². The number of nitrogens with zero attached hydrogens (tertiary/aromatic N) is 1. The second kappa shape index (κ2) is 9.52. The molecule has 1 fully saturated rings. The summed E-state index contributed by atoms with van der Waals surface area (Å²) in [5.74, 6) is -0.218. The number of amides is 1. The lowest BCUT2D eigenvalue weighted by molar-refractivity contribution is -0.120. The zero-order chi connectivity index (χ0) is 20.0. The predicted molar refractivity (Wildman–Crippen MR) is 108 cm³/mol. The van der Waals surface area contributed by atoms with Crippen LogP contribution in [0.4, 0.5) is 0 Å². The number of halogens is 1. The van der Waals surface area contributed by atoms with Crippen LogP contribution in [0.25, 0.3) is 0 Å². The maximum atomic E-state index is 12.7. The maximum absolute atomic E-state index is 12.7. The molecule has 1 aliphatic rings. The highest BCUT2D eigenvalue weighted by atomic mass is 35.5. The van der Waals surface area contributed by atoms with Crippen LogP contribution in [0.1, 0.15) is 16.7 Å². The Morgan fingerprint density at radius 1 is 1.04 bits per heavy atom. The van der Waals surface area contributed by atoms with E-state index < -0.39 is 10.0 Å². The molecule has 1 amide bonds. The van der Waals surface area contributed by atoms with Crippen molar-refractivity contribution in [2.24, 2.45) is 0 Å². The number of ether oxygens (including phenoxy) is 1. The van der Waals surface area contributed by atoms with E-state index in [1.165, 1.54) is 4.31 Å². The molecule has 1 saturated heterocycles. The van der Waals surface area contributed by atoms with Crippen molar-refractivity contribution in [3.63, 3.8) is 0 Å². The van der Waals surface area contributed by atoms with Gasteiger partial charge in [0.25, 0.3) is 0 Å². The van der Waals surface area contributed by atoms with E-state index in [-0.39, 0.29) is 24.6 Å². The van der Waals surface area contributed by atoms with Crippen molar-refractivity contribution in [3.8, 4) is 0 Å². The maximum Gasteiger partial charge on any atom is 0.224 e. The summed E-state index contributed by atoms with van der Waals surface area (Å²) in [5, 5.41) is 3.49. The highest BCUT2D eigenvalue weighted by Gasteiger charge is 2.25. The molecule has 1 N–H and O–H groups in total. The molecule has 0 aliphatic carbocycles. The smallest absolute Gasteiger partial charge is 0.224 e. The van der Waals surface area contributed by atoms with Crippen LogP contribution in [0.15, 0.2) is 48.5 Å². The fraction of sp³-hybridized carbons (Fsp3) is 0.350. The number of benzene rings is 2. The van der Waals surface area contributed by atoms with Crippen molar-refractivity contribution >= 4 is 27.5 Å². The number of hydrogen-bond donors (Lipinski definition) is 1. The Bertz CT molecular complexity index is 910. The molecule has 2 aromatic carbocycles. The van der Waals surface area contributed by atoms with Gasteiger partial charge in [-0.2, -0.15) is 4.31 Å². The van der Waals surface area contributed by atoms with Crippen LogP contribution in [0.3, 0.4) is 0 Å². The molecule has 150 valence electrons. The number of rotatable bonds is 7. The Morgan fingerprint density at radius 2 is 1.68 bits per heavy atom. The Labute approximate surface area is 170 Å². The van der Waals surface area contributed by atoms with Gasteiger partial charge < -0.3 is 10.1 Å². The summed E-state index contributed by atoms with van der Waals surface area (Å²) in [4.78, 5) is 12.2. The predicted octanol–water partition coefficient (Wildman–Crippen LogP) is 2.36. The van der Waals surface area contributed by atoms with Gasteiger partial charge in [-0.15, -0.1) is 0 Å². The number of hydrogen-bond acceptors (Lipinski definition) is 4. The Hall–Kier alpha value is -1.93. The minimum absolute atomic E-state index is 0.0871. The van der Waals surface area contributed by atoms with Gasteiger partial charge in [-0.3, -0.25) is 4.79 Å². The molecule has 0 spiro atoms. The highest BCUT2D eigenvalue weighted by molar-refractivity contribution is 7.88. The van der Waals surface area contributed by atoms with Crippen molar-refractivity contribution in [2.75, 3.05) is 26.3 Å². The lowest BCUT2D eigenvalue weighted by Crippen LogP contribution is -2.41. The van der Waals surface area contributed by atoms with Crippen molar-refractivity contribution in [3.05, 3.63) is 70.2 Å². The van der Waals surface area contributed by atoms with E-state index in [1.54, 1.807) is 18.2 Å². The Kier molecular flexibility index (Phi) is 7.07. The first-order valence-corrected chi connectivity index (χ1v) is 11.1. The van der Waals surface area contributed by atoms with E-state index in [0.717, 1.165) is 11.1 Å². The van der Waals surface area contributed by atoms with Gasteiger partial charge in [-0.05, 0) is 28.8 Å². The fourth-order valence-corrected chi connectivity index (χ4v) is 4.72. The van der Waals surface area contributed by atoms with Gasteiger partial charge in [0, 0.05) is 24.7 Å². The van der Waals surface area contributed by atoms with E-state index in [9.17, 15) is 13.2 Å². The normalized spacial score (nSPS) is 15.3. The van der Waals surface area contributed by atoms with E-state index in [0.29, 0.717) is 36.9 Å². The third kappa shape index (κ3) is 5.78. The summed E-state index contributed by atoms with van der Waals surface area (Å²) in [5.41, 5.74) is 2.36. The van der Waals surface area contributed by atoms with Gasteiger partial charge in [0.15, 0.2) is 0 Å². The monoisotopic (exact) mass is 422 g/mol. The van der Waals surface area contributed by atoms with Crippen LogP contribution in [-0.4, -0.2) is 44.9 Å². The summed E-state index contributed by atoms with van der Waals surface area (Å²) >= 11 is 5.86. The topological polar surface area (TPSA) is 75.7 Å². The van der Waals surface area contributed by atoms with Crippen molar-refractivity contribution < 1.29 is 17.9 Å². The zero-order valence-electron chi connectivity index (χ0n) is 15.4. The second-order valence-corrected chi connectivity index (χ2v) is 9.02. The molecule has 3 rings (SSSR count). The number of sulfonamides is 1. The third-order valence-corrected chi connectivity index (χ3v) is 6.65. The molecule has 0 saturated carbocycles.